The van der Waals surface area contributed by atoms with Crippen LogP contribution in [0.15, 0.2) is 29.0 Å². The van der Waals surface area contributed by atoms with Crippen LogP contribution in [0.3, 0.4) is 0 Å². The van der Waals surface area contributed by atoms with E-state index in [2.05, 4.69) is 11.7 Å². The lowest BCUT2D eigenvalue weighted by Gasteiger charge is -2.56. The molecule has 19 heavy (non-hydrogen) atoms. The summed E-state index contributed by atoms with van der Waals surface area (Å²) in [6.45, 7) is 4.32. The molecule has 3 rings (SSSR count). The maximum Gasteiger partial charge on any atom is 0.432 e. The molecule has 0 aromatic rings. The van der Waals surface area contributed by atoms with Crippen molar-refractivity contribution in [2.45, 2.75) is 38.3 Å². The van der Waals surface area contributed by atoms with Gasteiger partial charge in [-0.2, -0.15) is 18.3 Å². The van der Waals surface area contributed by atoms with E-state index in [1.54, 1.807) is 0 Å². The maximum atomic E-state index is 12.8. The van der Waals surface area contributed by atoms with Gasteiger partial charge in [0.2, 0.25) is 0 Å². The van der Waals surface area contributed by atoms with Crippen molar-refractivity contribution in [1.29, 1.82) is 0 Å². The van der Waals surface area contributed by atoms with Crippen molar-refractivity contribution in [1.82, 2.24) is 5.01 Å². The van der Waals surface area contributed by atoms with E-state index in [-0.39, 0.29) is 7.85 Å². The van der Waals surface area contributed by atoms with Crippen LogP contribution in [-0.2, 0) is 0 Å². The highest BCUT2D eigenvalue weighted by atomic mass is 19.4. The van der Waals surface area contributed by atoms with E-state index >= 15 is 0 Å². The molecule has 0 unspecified atom stereocenters. The zero-order valence-corrected chi connectivity index (χ0v) is 10.7. The van der Waals surface area contributed by atoms with Crippen LogP contribution < -0.4 is 0 Å². The van der Waals surface area contributed by atoms with Crippen molar-refractivity contribution < 1.29 is 14.6 Å². The Balaban J connectivity index is 0.00000147. The average Bonchev–Trinajstić information content (AvgIpc) is 2.23. The zero-order valence-electron chi connectivity index (χ0n) is 10.7. The molecule has 1 aliphatic heterocycles. The molecular formula is C14H19F3N2. The number of hydrazone groups is 1. The van der Waals surface area contributed by atoms with E-state index in [1.165, 1.54) is 17.9 Å². The molecule has 0 N–H and O–H groups in total. The number of alkyl halides is 3. The molecule has 2 fully saturated rings. The third-order valence-corrected chi connectivity index (χ3v) is 4.33. The van der Waals surface area contributed by atoms with Crippen LogP contribution in [-0.4, -0.2) is 23.9 Å². The lowest BCUT2D eigenvalue weighted by atomic mass is 9.50. The lowest BCUT2D eigenvalue weighted by molar-refractivity contribution is -0.116. The minimum atomic E-state index is -4.30. The van der Waals surface area contributed by atoms with E-state index in [0.717, 1.165) is 30.7 Å². The summed E-state index contributed by atoms with van der Waals surface area (Å²) in [7, 11) is 0. The van der Waals surface area contributed by atoms with Gasteiger partial charge in [-0.1, -0.05) is 12.2 Å². The minimum Gasteiger partial charge on any atom is -0.261 e. The van der Waals surface area contributed by atoms with Crippen LogP contribution in [0.2, 0.25) is 0 Å². The monoisotopic (exact) mass is 272 g/mol. The first-order chi connectivity index (χ1) is 8.88. The van der Waals surface area contributed by atoms with Gasteiger partial charge < -0.3 is 0 Å². The highest BCUT2D eigenvalue weighted by Gasteiger charge is 2.51. The fraction of sp³-hybridized carbons (Fsp3) is 0.643. The molecule has 1 spiro atoms. The number of hydrogen-bond donors (Lipinski definition) is 0. The van der Waals surface area contributed by atoms with E-state index in [4.69, 9.17) is 0 Å². The summed E-state index contributed by atoms with van der Waals surface area (Å²) in [4.78, 5) is 0. The van der Waals surface area contributed by atoms with Crippen molar-refractivity contribution in [3.05, 3.63) is 23.9 Å². The number of nitrogens with zero attached hydrogens (tertiary/aromatic N) is 2. The maximum absolute atomic E-state index is 12.8. The van der Waals surface area contributed by atoms with Crippen molar-refractivity contribution in [3.8, 4) is 0 Å². The van der Waals surface area contributed by atoms with Crippen LogP contribution in [0.25, 0.3) is 0 Å². The van der Waals surface area contributed by atoms with Gasteiger partial charge in [0.05, 0.1) is 0 Å². The van der Waals surface area contributed by atoms with Crippen molar-refractivity contribution >= 4 is 6.21 Å². The summed E-state index contributed by atoms with van der Waals surface area (Å²) >= 11 is 0. The Labute approximate surface area is 112 Å². The summed E-state index contributed by atoms with van der Waals surface area (Å²) in [5.41, 5.74) is 1.06. The molecule has 0 aromatic carbocycles. The van der Waals surface area contributed by atoms with Gasteiger partial charge in [-0.15, -0.1) is 0 Å². The van der Waals surface area contributed by atoms with Gasteiger partial charge in [0.25, 0.3) is 0 Å². The summed E-state index contributed by atoms with van der Waals surface area (Å²) < 4.78 is 38.5. The topological polar surface area (TPSA) is 15.6 Å². The van der Waals surface area contributed by atoms with Gasteiger partial charge in [-0.05, 0) is 43.1 Å². The highest BCUT2D eigenvalue weighted by Crippen LogP contribution is 2.60. The molecule has 0 amide bonds. The van der Waals surface area contributed by atoms with Gasteiger partial charge >= 0.3 is 6.18 Å². The molecule has 0 radical (unpaired) electrons. The predicted molar refractivity (Wildman–Crippen MR) is 69.6 cm³/mol. The molecule has 0 atom stereocenters. The van der Waals surface area contributed by atoms with Crippen LogP contribution in [0.5, 0.6) is 0 Å². The molecule has 5 heteroatoms. The largest absolute Gasteiger partial charge is 0.432 e. The van der Waals surface area contributed by atoms with Gasteiger partial charge in [-0.25, -0.2) is 0 Å². The number of rotatable bonds is 2. The first kappa shape index (κ1) is 12.8. The predicted octanol–water partition coefficient (Wildman–Crippen LogP) is 4.12. The van der Waals surface area contributed by atoms with Gasteiger partial charge in [-0.3, -0.25) is 5.01 Å². The Morgan fingerprint density at radius 3 is 2.68 bits per heavy atom. The molecule has 2 nitrogen and oxygen atoms in total. The molecule has 3 aliphatic rings. The van der Waals surface area contributed by atoms with E-state index < -0.39 is 11.9 Å². The van der Waals surface area contributed by atoms with Crippen molar-refractivity contribution in [3.63, 3.8) is 0 Å². The van der Waals surface area contributed by atoms with Crippen LogP contribution in [0, 0.1) is 11.3 Å². The van der Waals surface area contributed by atoms with Crippen molar-refractivity contribution in [2.24, 2.45) is 16.4 Å². The molecule has 1 heterocycles. The minimum absolute atomic E-state index is 0. The van der Waals surface area contributed by atoms with Gasteiger partial charge in [0, 0.05) is 20.6 Å². The number of halogens is 3. The summed E-state index contributed by atoms with van der Waals surface area (Å²) in [5.74, 6) is 0.328. The third-order valence-electron chi connectivity index (χ3n) is 4.33. The molecular weight excluding hydrogens is 253 g/mol. The lowest BCUT2D eigenvalue weighted by Crippen LogP contribution is -2.47. The third kappa shape index (κ3) is 2.30. The molecule has 2 aliphatic carbocycles. The molecule has 0 saturated heterocycles. The quantitative estimate of drug-likeness (QED) is 0.690. The number of hydrogen-bond acceptors (Lipinski definition) is 2. The van der Waals surface area contributed by atoms with Crippen LogP contribution in [0.4, 0.5) is 13.2 Å². The fourth-order valence-electron chi connectivity index (χ4n) is 3.72. The standard InChI is InChI=1S/C14H17F3N2.H2/c1-10-5-13(6-10)7-11(8-13)9-19-12(14(15,16)17)3-2-4-18-19;/h3-4,11H,1-2,5-9H2;1H. The Hall–Kier alpha value is -1.26. The summed E-state index contributed by atoms with van der Waals surface area (Å²) in [5, 5.41) is 5.04. The second kappa shape index (κ2) is 4.12. The highest BCUT2D eigenvalue weighted by molar-refractivity contribution is 5.61. The molecule has 0 bridgehead atoms. The first-order valence-corrected chi connectivity index (χ1v) is 6.62. The Bertz CT molecular complexity index is 452. The fourth-order valence-corrected chi connectivity index (χ4v) is 3.72. The molecule has 0 aromatic heterocycles. The second-order valence-electron chi connectivity index (χ2n) is 6.08. The normalized spacial score (nSPS) is 26.2. The van der Waals surface area contributed by atoms with Crippen LogP contribution in [0.1, 0.15) is 33.5 Å². The van der Waals surface area contributed by atoms with Gasteiger partial charge in [0.15, 0.2) is 0 Å². The van der Waals surface area contributed by atoms with Crippen molar-refractivity contribution in [2.75, 3.05) is 6.54 Å². The van der Waals surface area contributed by atoms with E-state index in [9.17, 15) is 13.2 Å². The van der Waals surface area contributed by atoms with Crippen LogP contribution >= 0.6 is 0 Å². The summed E-state index contributed by atoms with van der Waals surface area (Å²) in [6.07, 6.45) is 2.88. The molecule has 2 saturated carbocycles. The average molecular weight is 272 g/mol. The Morgan fingerprint density at radius 2 is 2.11 bits per heavy atom. The Kier molecular flexibility index (Phi) is 2.76. The Morgan fingerprint density at radius 1 is 1.42 bits per heavy atom. The second-order valence-corrected chi connectivity index (χ2v) is 6.08. The van der Waals surface area contributed by atoms with Gasteiger partial charge in [0.1, 0.15) is 5.70 Å². The summed E-state index contributed by atoms with van der Waals surface area (Å²) in [6, 6.07) is 0. The van der Waals surface area contributed by atoms with E-state index in [1.807, 2.05) is 0 Å². The zero-order chi connectivity index (χ0) is 13.7. The molecule has 106 valence electrons. The SMILES string of the molecule is C=C1CC2(C1)CC(CN1N=CCC=C1C(F)(F)F)C2.[HH]. The smallest absolute Gasteiger partial charge is 0.261 e. The van der Waals surface area contributed by atoms with E-state index in [0.29, 0.717) is 17.9 Å². The first-order valence-electron chi connectivity index (χ1n) is 6.62. The number of allylic oxidation sites excluding steroid dienone is 3.